The van der Waals surface area contributed by atoms with Crippen molar-refractivity contribution in [3.05, 3.63) is 41.0 Å². The molecule has 2 N–H and O–H groups in total. The predicted molar refractivity (Wildman–Crippen MR) is 89.2 cm³/mol. The maximum atomic E-state index is 12.3. The number of benzene rings is 1. The zero-order chi connectivity index (χ0) is 15.8. The number of nitrogens with zero attached hydrogens (tertiary/aromatic N) is 1. The first-order chi connectivity index (χ1) is 11.2. The molecule has 120 valence electrons. The average Bonchev–Trinajstić information content (AvgIpc) is 3.26. The summed E-state index contributed by atoms with van der Waals surface area (Å²) in [6.07, 6.45) is 5.01. The molecule has 1 amide bonds. The van der Waals surface area contributed by atoms with E-state index in [1.54, 1.807) is 6.20 Å². The molecular formula is C17H19N3O2S. The lowest BCUT2D eigenvalue weighted by molar-refractivity contribution is 0.0930. The summed E-state index contributed by atoms with van der Waals surface area (Å²) in [7, 11) is 0. The molecule has 5 nitrogen and oxygen atoms in total. The summed E-state index contributed by atoms with van der Waals surface area (Å²) in [6.45, 7) is 2.03. The minimum atomic E-state index is -0.104. The Hall–Kier alpha value is -1.92. The summed E-state index contributed by atoms with van der Waals surface area (Å²) in [6, 6.07) is 9.03. The van der Waals surface area contributed by atoms with Crippen LogP contribution >= 0.6 is 11.3 Å². The highest BCUT2D eigenvalue weighted by Gasteiger charge is 2.39. The third-order valence-electron chi connectivity index (χ3n) is 4.53. The third kappa shape index (κ3) is 3.09. The fraction of sp³-hybridized carbons (Fsp3) is 0.412. The Balaban J connectivity index is 1.39. The van der Waals surface area contributed by atoms with Gasteiger partial charge in [-0.15, -0.1) is 0 Å². The zero-order valence-corrected chi connectivity index (χ0v) is 13.7. The van der Waals surface area contributed by atoms with Crippen LogP contribution in [-0.4, -0.2) is 29.0 Å². The highest BCUT2D eigenvalue weighted by atomic mass is 32.1. The lowest BCUT2D eigenvalue weighted by atomic mass is 9.95. The Bertz CT molecular complexity index is 713. The lowest BCUT2D eigenvalue weighted by Crippen LogP contribution is -2.42. The van der Waals surface area contributed by atoms with Gasteiger partial charge < -0.3 is 15.4 Å². The molecule has 2 aliphatic rings. The van der Waals surface area contributed by atoms with Crippen molar-refractivity contribution in [3.8, 4) is 10.8 Å². The predicted octanol–water partition coefficient (Wildman–Crippen LogP) is 2.87. The van der Waals surface area contributed by atoms with Crippen LogP contribution in [0.2, 0.25) is 0 Å². The summed E-state index contributed by atoms with van der Waals surface area (Å²) in [5.74, 6) is 0.650. The summed E-state index contributed by atoms with van der Waals surface area (Å²) in [5.41, 5.74) is 1.18. The van der Waals surface area contributed by atoms with E-state index in [2.05, 4.69) is 15.6 Å². The number of nitrogens with one attached hydrogen (secondary N) is 2. The molecule has 4 rings (SSSR count). The van der Waals surface area contributed by atoms with E-state index in [9.17, 15) is 4.79 Å². The van der Waals surface area contributed by atoms with Crippen LogP contribution in [0.4, 0.5) is 0 Å². The van der Waals surface area contributed by atoms with Crippen LogP contribution in [0.25, 0.3) is 0 Å². The molecule has 2 aromatic rings. The Morgan fingerprint density at radius 1 is 1.35 bits per heavy atom. The molecule has 2 saturated heterocycles. The van der Waals surface area contributed by atoms with Gasteiger partial charge in [-0.3, -0.25) is 4.79 Å². The number of carbonyl (C=O) groups excluding carboxylic acids is 1. The highest BCUT2D eigenvalue weighted by Crippen LogP contribution is 2.30. The number of carbonyl (C=O) groups is 1. The standard InChI is InChI=1S/C17H19N3O2S/c1-10-2-5-12(6-3-10)22-15-9-18-17(23-15)16(21)20-14-8-11-4-7-13(14)19-11/h2-3,5-6,9,11,13-14,19H,4,7-8H2,1H3,(H,20,21). The smallest absolute Gasteiger partial charge is 0.280 e. The Kier molecular flexibility index (Phi) is 3.79. The number of thiazole rings is 1. The van der Waals surface area contributed by atoms with Gasteiger partial charge in [0, 0.05) is 18.1 Å². The summed E-state index contributed by atoms with van der Waals surface area (Å²) >= 11 is 1.28. The van der Waals surface area contributed by atoms with Gasteiger partial charge in [-0.2, -0.15) is 0 Å². The number of aromatic nitrogens is 1. The van der Waals surface area contributed by atoms with Crippen molar-refractivity contribution in [3.63, 3.8) is 0 Å². The van der Waals surface area contributed by atoms with Crippen molar-refractivity contribution in [2.45, 2.75) is 44.3 Å². The van der Waals surface area contributed by atoms with Gasteiger partial charge in [0.2, 0.25) is 5.06 Å². The van der Waals surface area contributed by atoms with Gasteiger partial charge >= 0.3 is 0 Å². The number of aryl methyl sites for hydroxylation is 1. The van der Waals surface area contributed by atoms with Gasteiger partial charge in [-0.25, -0.2) is 4.98 Å². The summed E-state index contributed by atoms with van der Waals surface area (Å²) < 4.78 is 5.75. The number of amides is 1. The van der Waals surface area contributed by atoms with Crippen molar-refractivity contribution in [1.29, 1.82) is 0 Å². The van der Waals surface area contributed by atoms with E-state index in [1.807, 2.05) is 31.2 Å². The zero-order valence-electron chi connectivity index (χ0n) is 12.9. The maximum absolute atomic E-state index is 12.3. The summed E-state index contributed by atoms with van der Waals surface area (Å²) in [4.78, 5) is 16.5. The molecule has 0 radical (unpaired) electrons. The average molecular weight is 329 g/mol. The van der Waals surface area contributed by atoms with Crippen LogP contribution in [0.3, 0.4) is 0 Å². The van der Waals surface area contributed by atoms with Crippen LogP contribution in [-0.2, 0) is 0 Å². The van der Waals surface area contributed by atoms with E-state index in [1.165, 1.54) is 23.3 Å². The fourth-order valence-corrected chi connectivity index (χ4v) is 4.04. The molecule has 23 heavy (non-hydrogen) atoms. The van der Waals surface area contributed by atoms with Gasteiger partial charge in [0.15, 0.2) is 5.01 Å². The summed E-state index contributed by atoms with van der Waals surface area (Å²) in [5, 5.41) is 7.71. The first-order valence-electron chi connectivity index (χ1n) is 7.94. The number of fused-ring (bicyclic) bond motifs is 2. The van der Waals surface area contributed by atoms with Crippen molar-refractivity contribution in [2.75, 3.05) is 0 Å². The fourth-order valence-electron chi connectivity index (χ4n) is 3.35. The SMILES string of the molecule is Cc1ccc(Oc2cnc(C(=O)NC3CC4CCC3N4)s2)cc1. The first-order valence-corrected chi connectivity index (χ1v) is 8.76. The second kappa shape index (κ2) is 5.94. The molecule has 3 heterocycles. The van der Waals surface area contributed by atoms with E-state index in [0.717, 1.165) is 18.6 Å². The topological polar surface area (TPSA) is 63.2 Å². The molecule has 6 heteroatoms. The highest BCUT2D eigenvalue weighted by molar-refractivity contribution is 7.15. The van der Waals surface area contributed by atoms with Crippen LogP contribution in [0.5, 0.6) is 10.8 Å². The van der Waals surface area contributed by atoms with Gasteiger partial charge in [0.05, 0.1) is 6.20 Å². The molecule has 2 bridgehead atoms. The molecular weight excluding hydrogens is 310 g/mol. The van der Waals surface area contributed by atoms with Crippen molar-refractivity contribution in [1.82, 2.24) is 15.6 Å². The number of ether oxygens (including phenoxy) is 1. The normalized spacial score (nSPS) is 25.5. The molecule has 2 fully saturated rings. The van der Waals surface area contributed by atoms with E-state index >= 15 is 0 Å². The number of hydrogen-bond acceptors (Lipinski definition) is 5. The molecule has 3 unspecified atom stereocenters. The largest absolute Gasteiger partial charge is 0.445 e. The monoisotopic (exact) mass is 329 g/mol. The Labute approximate surface area is 139 Å². The quantitative estimate of drug-likeness (QED) is 0.905. The van der Waals surface area contributed by atoms with E-state index in [4.69, 9.17) is 4.74 Å². The Morgan fingerprint density at radius 2 is 2.17 bits per heavy atom. The molecule has 3 atom stereocenters. The minimum absolute atomic E-state index is 0.104. The second-order valence-electron chi connectivity index (χ2n) is 6.26. The van der Waals surface area contributed by atoms with E-state index in [-0.39, 0.29) is 11.9 Å². The minimum Gasteiger partial charge on any atom is -0.445 e. The van der Waals surface area contributed by atoms with Crippen LogP contribution < -0.4 is 15.4 Å². The molecule has 1 aromatic carbocycles. The number of hydrogen-bond donors (Lipinski definition) is 2. The van der Waals surface area contributed by atoms with Gasteiger partial charge in [0.1, 0.15) is 5.75 Å². The van der Waals surface area contributed by atoms with Crippen molar-refractivity contribution in [2.24, 2.45) is 0 Å². The second-order valence-corrected chi connectivity index (χ2v) is 7.26. The van der Waals surface area contributed by atoms with Crippen LogP contribution in [0, 0.1) is 6.92 Å². The molecule has 0 aliphatic carbocycles. The van der Waals surface area contributed by atoms with Gasteiger partial charge in [0.25, 0.3) is 5.91 Å². The third-order valence-corrected chi connectivity index (χ3v) is 5.41. The van der Waals surface area contributed by atoms with E-state index < -0.39 is 0 Å². The van der Waals surface area contributed by atoms with Crippen LogP contribution in [0.15, 0.2) is 30.5 Å². The van der Waals surface area contributed by atoms with Crippen molar-refractivity contribution >= 4 is 17.2 Å². The van der Waals surface area contributed by atoms with Gasteiger partial charge in [-0.1, -0.05) is 29.0 Å². The van der Waals surface area contributed by atoms with Gasteiger partial charge in [-0.05, 0) is 38.3 Å². The molecule has 1 aromatic heterocycles. The maximum Gasteiger partial charge on any atom is 0.280 e. The van der Waals surface area contributed by atoms with Crippen LogP contribution in [0.1, 0.15) is 34.6 Å². The van der Waals surface area contributed by atoms with Crippen molar-refractivity contribution < 1.29 is 9.53 Å². The molecule has 2 aliphatic heterocycles. The molecule has 0 spiro atoms. The molecule has 0 saturated carbocycles. The lowest BCUT2D eigenvalue weighted by Gasteiger charge is -2.20. The van der Waals surface area contributed by atoms with E-state index in [0.29, 0.717) is 22.2 Å². The first kappa shape index (κ1) is 14.7. The number of rotatable bonds is 4. The Morgan fingerprint density at radius 3 is 2.87 bits per heavy atom.